The van der Waals surface area contributed by atoms with Crippen molar-refractivity contribution in [2.24, 2.45) is 5.92 Å². The molecular formula is C29H38BN5O7. The first-order valence-corrected chi connectivity index (χ1v) is 14.1. The predicted molar refractivity (Wildman–Crippen MR) is 155 cm³/mol. The number of pyridine rings is 1. The second kappa shape index (κ2) is 13.4. The van der Waals surface area contributed by atoms with Gasteiger partial charge in [0.25, 0.3) is 5.91 Å². The van der Waals surface area contributed by atoms with Gasteiger partial charge in [-0.05, 0) is 45.5 Å². The summed E-state index contributed by atoms with van der Waals surface area (Å²) in [7, 11) is 2.11. The lowest BCUT2D eigenvalue weighted by Crippen LogP contribution is -2.66. The molecule has 4 rings (SSSR count). The summed E-state index contributed by atoms with van der Waals surface area (Å²) in [4.78, 5) is 60.8. The molecule has 0 aliphatic carbocycles. The van der Waals surface area contributed by atoms with E-state index in [0.717, 1.165) is 5.56 Å². The zero-order valence-electron chi connectivity index (χ0n) is 24.5. The van der Waals surface area contributed by atoms with Gasteiger partial charge in [-0.2, -0.15) is 0 Å². The van der Waals surface area contributed by atoms with E-state index in [2.05, 4.69) is 15.6 Å². The molecule has 3 heterocycles. The van der Waals surface area contributed by atoms with Crippen LogP contribution in [0.3, 0.4) is 0 Å². The minimum absolute atomic E-state index is 0.0102. The fraction of sp³-hybridized carbons (Fsp3) is 0.483. The van der Waals surface area contributed by atoms with Crippen molar-refractivity contribution in [2.75, 3.05) is 27.2 Å². The lowest BCUT2D eigenvalue weighted by atomic mass is 9.73. The van der Waals surface area contributed by atoms with Gasteiger partial charge in [0.15, 0.2) is 0 Å². The van der Waals surface area contributed by atoms with Gasteiger partial charge >= 0.3 is 19.1 Å². The molecular weight excluding hydrogens is 541 g/mol. The summed E-state index contributed by atoms with van der Waals surface area (Å²) in [6.45, 7) is 5.94. The summed E-state index contributed by atoms with van der Waals surface area (Å²) in [6.07, 6.45) is -0.986. The Bertz CT molecular complexity index is 1270. The van der Waals surface area contributed by atoms with Crippen LogP contribution in [-0.4, -0.2) is 108 Å². The number of nitrogens with one attached hydrogen (secondary N) is 2. The molecule has 0 saturated carbocycles. The fourth-order valence-corrected chi connectivity index (χ4v) is 5.17. The number of rotatable bonds is 9. The monoisotopic (exact) mass is 579 g/mol. The molecule has 13 heteroatoms. The maximum atomic E-state index is 13.5. The van der Waals surface area contributed by atoms with Crippen molar-refractivity contribution in [3.63, 3.8) is 0 Å². The Balaban J connectivity index is 1.51. The average Bonchev–Trinajstić information content (AvgIpc) is 2.95. The second-order valence-corrected chi connectivity index (χ2v) is 11.4. The first-order valence-electron chi connectivity index (χ1n) is 14.1. The minimum atomic E-state index is -1.38. The number of nitrogens with zero attached hydrogens (tertiary/aromatic N) is 3. The molecule has 2 fully saturated rings. The van der Waals surface area contributed by atoms with E-state index in [1.807, 2.05) is 56.1 Å². The molecule has 12 nitrogen and oxygen atoms in total. The van der Waals surface area contributed by atoms with Crippen molar-refractivity contribution in [1.29, 1.82) is 0 Å². The van der Waals surface area contributed by atoms with Crippen LogP contribution in [0.15, 0.2) is 48.5 Å². The Kier molecular flexibility index (Phi) is 9.97. The molecule has 2 aliphatic rings. The Morgan fingerprint density at radius 2 is 1.60 bits per heavy atom. The van der Waals surface area contributed by atoms with E-state index >= 15 is 0 Å². The summed E-state index contributed by atoms with van der Waals surface area (Å²) in [6, 6.07) is 11.6. The van der Waals surface area contributed by atoms with Gasteiger partial charge in [0.1, 0.15) is 23.8 Å². The van der Waals surface area contributed by atoms with Gasteiger partial charge in [-0.3, -0.25) is 24.1 Å². The highest BCUT2D eigenvalue weighted by molar-refractivity contribution is 6.51. The molecule has 1 aromatic heterocycles. The molecule has 0 unspecified atom stereocenters. The predicted octanol–water partition coefficient (Wildman–Crippen LogP) is 0.501. The van der Waals surface area contributed by atoms with Crippen LogP contribution in [0.4, 0.5) is 0 Å². The first-order chi connectivity index (χ1) is 19.9. The zero-order valence-corrected chi connectivity index (χ0v) is 24.5. The Morgan fingerprint density at radius 1 is 0.976 bits per heavy atom. The maximum Gasteiger partial charge on any atom is 0.622 e. The molecule has 2 saturated heterocycles. The van der Waals surface area contributed by atoms with Crippen LogP contribution in [0.1, 0.15) is 37.7 Å². The molecule has 2 aromatic rings. The third-order valence-electron chi connectivity index (χ3n) is 7.45. The van der Waals surface area contributed by atoms with Gasteiger partial charge in [0.05, 0.1) is 17.7 Å². The van der Waals surface area contributed by atoms with Crippen molar-refractivity contribution in [3.8, 4) is 11.3 Å². The number of aliphatic hydroxyl groups excluding tert-OH is 1. The summed E-state index contributed by atoms with van der Waals surface area (Å²) in [5.74, 6) is -3.44. The third-order valence-corrected chi connectivity index (χ3v) is 7.45. The third kappa shape index (κ3) is 7.33. The zero-order chi connectivity index (χ0) is 30.6. The van der Waals surface area contributed by atoms with Crippen LogP contribution in [0.25, 0.3) is 11.3 Å². The average molecular weight is 579 g/mol. The van der Waals surface area contributed by atoms with Crippen LogP contribution in [0.5, 0.6) is 0 Å². The Hall–Kier alpha value is -3.81. The second-order valence-electron chi connectivity index (χ2n) is 11.4. The smallest absolute Gasteiger partial charge is 0.497 e. The Labute approximate surface area is 245 Å². The van der Waals surface area contributed by atoms with E-state index < -0.39 is 61.0 Å². The summed E-state index contributed by atoms with van der Waals surface area (Å²) in [5.41, 5.74) is 1.46. The minimum Gasteiger partial charge on any atom is -0.497 e. The molecule has 2 amide bonds. The standard InChI is InChI=1S/C29H38BN5O7/c1-17(2)14-24(30-41-28(39)22-15-34(4)16-23(35(22)5)29(40)42-30)32-27(38)25(18(3)36)33-26(37)21-13-9-12-20(31-21)19-10-7-6-8-11-19/h6-13,17-18,22-25,36H,14-16H2,1-5H3,(H,32,38)(H,33,37)/t18-,22+,23+,24+,25+/m1/s1. The van der Waals surface area contributed by atoms with Crippen LogP contribution in [0, 0.1) is 5.92 Å². The van der Waals surface area contributed by atoms with E-state index in [1.54, 1.807) is 24.1 Å². The van der Waals surface area contributed by atoms with Crippen LogP contribution in [-0.2, 0) is 23.7 Å². The molecule has 3 N–H and O–H groups in total. The molecule has 0 radical (unpaired) electrons. The quantitative estimate of drug-likeness (QED) is 0.359. The van der Waals surface area contributed by atoms with E-state index in [0.29, 0.717) is 25.2 Å². The van der Waals surface area contributed by atoms with Gasteiger partial charge in [0, 0.05) is 18.7 Å². The van der Waals surface area contributed by atoms with Gasteiger partial charge in [-0.25, -0.2) is 4.98 Å². The van der Waals surface area contributed by atoms with E-state index in [1.165, 1.54) is 13.0 Å². The SMILES string of the molecule is CC(C)C[C@H](NC(=O)[C@@H](NC(=O)c1cccc(-c2ccccc2)n1)[C@@H](C)O)B1OC(=O)[C@@H]2CN(C)C[C@@H](C(=O)O1)N2C. The number of aromatic nitrogens is 1. The summed E-state index contributed by atoms with van der Waals surface area (Å²) >= 11 is 0. The highest BCUT2D eigenvalue weighted by atomic mass is 16.6. The number of aliphatic hydroxyl groups is 1. The molecule has 5 atom stereocenters. The number of carbonyl (C=O) groups excluding carboxylic acids is 4. The van der Waals surface area contributed by atoms with Crippen molar-refractivity contribution >= 4 is 30.9 Å². The number of amides is 2. The van der Waals surface area contributed by atoms with E-state index in [9.17, 15) is 24.3 Å². The molecule has 2 aliphatic heterocycles. The van der Waals surface area contributed by atoms with E-state index in [4.69, 9.17) is 9.31 Å². The maximum absolute atomic E-state index is 13.5. The number of likely N-dealkylation sites (N-methyl/N-ethyl adjacent to an activating group) is 2. The number of hydrogen-bond acceptors (Lipinski definition) is 10. The van der Waals surface area contributed by atoms with Gasteiger partial charge in [0.2, 0.25) is 5.91 Å². The largest absolute Gasteiger partial charge is 0.622 e. The number of benzene rings is 1. The number of hydrogen-bond donors (Lipinski definition) is 3. The van der Waals surface area contributed by atoms with Crippen molar-refractivity contribution in [1.82, 2.24) is 25.4 Å². The van der Waals surface area contributed by atoms with Crippen LogP contribution < -0.4 is 10.6 Å². The molecule has 0 spiro atoms. The highest BCUT2D eigenvalue weighted by Crippen LogP contribution is 2.22. The fourth-order valence-electron chi connectivity index (χ4n) is 5.17. The molecule has 224 valence electrons. The molecule has 2 bridgehead atoms. The Morgan fingerprint density at radius 3 is 2.17 bits per heavy atom. The van der Waals surface area contributed by atoms with Gasteiger partial charge < -0.3 is 29.9 Å². The number of fused-ring (bicyclic) bond motifs is 2. The number of piperazine rings is 1. The van der Waals surface area contributed by atoms with Gasteiger partial charge in [-0.15, -0.1) is 0 Å². The van der Waals surface area contributed by atoms with E-state index in [-0.39, 0.29) is 11.6 Å². The number of carbonyl (C=O) groups is 4. The highest BCUT2D eigenvalue weighted by Gasteiger charge is 2.49. The van der Waals surface area contributed by atoms with Crippen LogP contribution in [0.2, 0.25) is 0 Å². The normalized spacial score (nSPS) is 21.8. The van der Waals surface area contributed by atoms with Crippen molar-refractivity contribution in [2.45, 2.75) is 57.4 Å². The summed E-state index contributed by atoms with van der Waals surface area (Å²) in [5, 5.41) is 15.8. The topological polar surface area (TPSA) is 150 Å². The lowest BCUT2D eigenvalue weighted by Gasteiger charge is -2.43. The summed E-state index contributed by atoms with van der Waals surface area (Å²) < 4.78 is 11.3. The van der Waals surface area contributed by atoms with Gasteiger partial charge in [-0.1, -0.05) is 50.2 Å². The van der Waals surface area contributed by atoms with Crippen molar-refractivity contribution < 1.29 is 33.6 Å². The first kappa shape index (κ1) is 31.1. The lowest BCUT2D eigenvalue weighted by molar-refractivity contribution is -0.159. The van der Waals surface area contributed by atoms with Crippen molar-refractivity contribution in [3.05, 3.63) is 54.2 Å². The van der Waals surface area contributed by atoms with Crippen LogP contribution >= 0.6 is 0 Å². The molecule has 1 aromatic carbocycles. The molecule has 42 heavy (non-hydrogen) atoms.